The van der Waals surface area contributed by atoms with Gasteiger partial charge in [0.2, 0.25) is 0 Å². The topological polar surface area (TPSA) is 113 Å². The van der Waals surface area contributed by atoms with E-state index in [9.17, 15) is 9.90 Å². The SMILES string of the molecule is CC(C)NC(=O)Nc1ncc2c(c1C=N)NN(c1ccc(Br)cc1)C2O. The van der Waals surface area contributed by atoms with Gasteiger partial charge >= 0.3 is 6.03 Å². The van der Waals surface area contributed by atoms with E-state index < -0.39 is 12.3 Å². The number of carbonyl (C=O) groups is 1. The summed E-state index contributed by atoms with van der Waals surface area (Å²) in [6.07, 6.45) is 1.63. The van der Waals surface area contributed by atoms with Crippen LogP contribution in [0.25, 0.3) is 0 Å². The van der Waals surface area contributed by atoms with Crippen molar-refractivity contribution in [3.63, 3.8) is 0 Å². The molecule has 2 aromatic rings. The zero-order valence-electron chi connectivity index (χ0n) is 14.2. The fourth-order valence-corrected chi connectivity index (χ4v) is 2.90. The van der Waals surface area contributed by atoms with Crippen molar-refractivity contribution in [3.05, 3.63) is 46.1 Å². The van der Waals surface area contributed by atoms with Gasteiger partial charge in [-0.25, -0.2) is 9.78 Å². The molecule has 0 aliphatic carbocycles. The Kier molecular flexibility index (Phi) is 5.10. The molecule has 0 saturated heterocycles. The number of rotatable bonds is 4. The number of aliphatic hydroxyl groups is 1. The second-order valence-electron chi connectivity index (χ2n) is 6.08. The van der Waals surface area contributed by atoms with Gasteiger partial charge in [-0.05, 0) is 38.1 Å². The van der Waals surface area contributed by atoms with E-state index in [4.69, 9.17) is 5.41 Å². The Balaban J connectivity index is 1.91. The second-order valence-corrected chi connectivity index (χ2v) is 7.00. The van der Waals surface area contributed by atoms with Gasteiger partial charge in [0.1, 0.15) is 5.82 Å². The van der Waals surface area contributed by atoms with Crippen molar-refractivity contribution in [2.75, 3.05) is 15.8 Å². The Labute approximate surface area is 159 Å². The zero-order valence-corrected chi connectivity index (χ0v) is 15.8. The molecule has 0 fully saturated rings. The first-order valence-corrected chi connectivity index (χ1v) is 8.80. The van der Waals surface area contributed by atoms with Crippen molar-refractivity contribution in [1.82, 2.24) is 10.3 Å². The number of benzene rings is 1. The minimum absolute atomic E-state index is 0.0271. The van der Waals surface area contributed by atoms with Crippen molar-refractivity contribution in [3.8, 4) is 0 Å². The lowest BCUT2D eigenvalue weighted by Crippen LogP contribution is -2.34. The monoisotopic (exact) mass is 418 g/mol. The number of aliphatic hydroxyl groups excluding tert-OH is 1. The standard InChI is InChI=1S/C17H19BrN6O2/c1-9(2)21-17(26)22-15-12(7-19)14-13(8-20-15)16(25)24(23-14)11-5-3-10(18)4-6-11/h3-9,16,19,23,25H,1-2H3,(H2,20,21,22,26). The lowest BCUT2D eigenvalue weighted by Gasteiger charge is -2.22. The van der Waals surface area contributed by atoms with Crippen LogP contribution in [-0.4, -0.2) is 28.4 Å². The fourth-order valence-electron chi connectivity index (χ4n) is 2.64. The van der Waals surface area contributed by atoms with E-state index >= 15 is 0 Å². The van der Waals surface area contributed by atoms with Crippen molar-refractivity contribution >= 4 is 45.4 Å². The van der Waals surface area contributed by atoms with Gasteiger partial charge in [0, 0.05) is 28.5 Å². The Morgan fingerprint density at radius 1 is 1.42 bits per heavy atom. The van der Waals surface area contributed by atoms with Crippen molar-refractivity contribution in [2.45, 2.75) is 26.1 Å². The minimum Gasteiger partial charge on any atom is -0.368 e. The van der Waals surface area contributed by atoms with Gasteiger partial charge in [0.05, 0.1) is 16.9 Å². The first kappa shape index (κ1) is 18.2. The molecule has 26 heavy (non-hydrogen) atoms. The van der Waals surface area contributed by atoms with Crippen LogP contribution in [0.4, 0.5) is 22.0 Å². The van der Waals surface area contributed by atoms with E-state index in [2.05, 4.69) is 37.0 Å². The maximum atomic E-state index is 12.0. The highest BCUT2D eigenvalue weighted by Gasteiger charge is 2.32. The second kappa shape index (κ2) is 7.30. The molecule has 2 heterocycles. The van der Waals surface area contributed by atoms with E-state index in [0.29, 0.717) is 16.8 Å². The Morgan fingerprint density at radius 3 is 2.73 bits per heavy atom. The highest BCUT2D eigenvalue weighted by atomic mass is 79.9. The summed E-state index contributed by atoms with van der Waals surface area (Å²) in [6.45, 7) is 3.70. The van der Waals surface area contributed by atoms with Crippen molar-refractivity contribution in [1.29, 1.82) is 5.41 Å². The quantitative estimate of drug-likeness (QED) is 0.489. The number of nitrogens with one attached hydrogen (secondary N) is 4. The Morgan fingerprint density at radius 2 is 2.12 bits per heavy atom. The molecular weight excluding hydrogens is 400 g/mol. The molecule has 1 aliphatic rings. The first-order valence-electron chi connectivity index (χ1n) is 8.01. The summed E-state index contributed by atoms with van der Waals surface area (Å²) in [5, 5.41) is 25.3. The van der Waals surface area contributed by atoms with E-state index in [0.717, 1.165) is 16.4 Å². The van der Waals surface area contributed by atoms with Crippen molar-refractivity contribution < 1.29 is 9.90 Å². The van der Waals surface area contributed by atoms with Gasteiger partial charge in [-0.3, -0.25) is 15.8 Å². The molecule has 0 saturated carbocycles. The average molecular weight is 419 g/mol. The first-order chi connectivity index (χ1) is 12.4. The number of nitrogens with zero attached hydrogens (tertiary/aromatic N) is 2. The zero-order chi connectivity index (χ0) is 18.8. The maximum absolute atomic E-state index is 12.0. The molecule has 8 nitrogen and oxygen atoms in total. The molecular formula is C17H19BrN6O2. The van der Waals surface area contributed by atoms with Crippen LogP contribution in [0.15, 0.2) is 34.9 Å². The molecule has 1 aliphatic heterocycles. The van der Waals surface area contributed by atoms with Gasteiger partial charge in [0.15, 0.2) is 6.23 Å². The van der Waals surface area contributed by atoms with Gasteiger partial charge in [0.25, 0.3) is 0 Å². The molecule has 0 radical (unpaired) electrons. The Bertz CT molecular complexity index is 840. The van der Waals surface area contributed by atoms with Gasteiger partial charge in [-0.1, -0.05) is 15.9 Å². The van der Waals surface area contributed by atoms with Crippen LogP contribution in [-0.2, 0) is 0 Å². The number of hydrogen-bond donors (Lipinski definition) is 5. The Hall–Kier alpha value is -2.65. The average Bonchev–Trinajstić information content (AvgIpc) is 2.91. The van der Waals surface area contributed by atoms with Crippen LogP contribution in [0, 0.1) is 5.41 Å². The molecule has 1 aromatic carbocycles. The predicted molar refractivity (Wildman–Crippen MR) is 105 cm³/mol. The van der Waals surface area contributed by atoms with E-state index in [1.54, 1.807) is 5.01 Å². The molecule has 1 unspecified atom stereocenters. The van der Waals surface area contributed by atoms with E-state index in [-0.39, 0.29) is 11.9 Å². The number of urea groups is 1. The number of hydrazine groups is 1. The molecule has 0 spiro atoms. The van der Waals surface area contributed by atoms with Crippen LogP contribution in [0.3, 0.4) is 0 Å². The van der Waals surface area contributed by atoms with Crippen molar-refractivity contribution in [2.24, 2.45) is 0 Å². The van der Waals surface area contributed by atoms with Gasteiger partial charge in [-0.2, -0.15) is 0 Å². The molecule has 2 amide bonds. The summed E-state index contributed by atoms with van der Waals surface area (Å²) < 4.78 is 0.928. The number of carbonyl (C=O) groups excluding carboxylic acids is 1. The number of amides is 2. The van der Waals surface area contributed by atoms with E-state index in [1.807, 2.05) is 38.1 Å². The van der Waals surface area contributed by atoms with Crippen LogP contribution >= 0.6 is 15.9 Å². The third-order valence-corrected chi connectivity index (χ3v) is 4.33. The normalized spacial score (nSPS) is 15.4. The van der Waals surface area contributed by atoms with Gasteiger partial charge < -0.3 is 15.8 Å². The summed E-state index contributed by atoms with van der Waals surface area (Å²) in [7, 11) is 0. The minimum atomic E-state index is -0.962. The molecule has 0 bridgehead atoms. The van der Waals surface area contributed by atoms with Crippen LogP contribution in [0.5, 0.6) is 0 Å². The molecule has 1 aromatic heterocycles. The molecule has 1 atom stereocenters. The largest absolute Gasteiger partial charge is 0.368 e. The fraction of sp³-hybridized carbons (Fsp3) is 0.235. The lowest BCUT2D eigenvalue weighted by atomic mass is 10.1. The van der Waals surface area contributed by atoms with Crippen LogP contribution in [0.2, 0.25) is 0 Å². The number of aromatic nitrogens is 1. The molecule has 9 heteroatoms. The number of fused-ring (bicyclic) bond motifs is 1. The summed E-state index contributed by atoms with van der Waals surface area (Å²) in [6, 6.07) is 6.99. The number of anilines is 3. The number of hydrogen-bond acceptors (Lipinski definition) is 6. The third-order valence-electron chi connectivity index (χ3n) is 3.80. The molecule has 3 rings (SSSR count). The summed E-state index contributed by atoms with van der Waals surface area (Å²) in [5.41, 5.74) is 5.30. The summed E-state index contributed by atoms with van der Waals surface area (Å²) in [5.74, 6) is 0.245. The van der Waals surface area contributed by atoms with Crippen LogP contribution < -0.4 is 21.1 Å². The maximum Gasteiger partial charge on any atom is 0.320 e. The molecule has 5 N–H and O–H groups in total. The smallest absolute Gasteiger partial charge is 0.320 e. The number of pyridine rings is 1. The summed E-state index contributed by atoms with van der Waals surface area (Å²) in [4.78, 5) is 16.2. The lowest BCUT2D eigenvalue weighted by molar-refractivity contribution is 0.186. The number of halogens is 1. The molecule has 136 valence electrons. The van der Waals surface area contributed by atoms with E-state index in [1.165, 1.54) is 6.20 Å². The predicted octanol–water partition coefficient (Wildman–Crippen LogP) is 3.21. The highest BCUT2D eigenvalue weighted by molar-refractivity contribution is 9.10. The summed E-state index contributed by atoms with van der Waals surface area (Å²) >= 11 is 3.38. The third kappa shape index (κ3) is 3.49. The van der Waals surface area contributed by atoms with Gasteiger partial charge in [-0.15, -0.1) is 0 Å². The van der Waals surface area contributed by atoms with Crippen LogP contribution in [0.1, 0.15) is 31.2 Å². The highest BCUT2D eigenvalue weighted by Crippen LogP contribution is 2.39.